The maximum absolute atomic E-state index is 13.1. The highest BCUT2D eigenvalue weighted by Crippen LogP contribution is 2.35. The summed E-state index contributed by atoms with van der Waals surface area (Å²) in [6.07, 6.45) is 1.76. The minimum Gasteiger partial charge on any atom is -0.495 e. The van der Waals surface area contributed by atoms with Crippen LogP contribution in [0.1, 0.15) is 18.4 Å². The van der Waals surface area contributed by atoms with E-state index in [2.05, 4.69) is 5.32 Å². The standard InChI is InChI=1S/C25H24Cl2N2O6S/c1-33-22-6-4-3-5-21(22)28-25(30)29(17-8-9-17)15-16-7-12-23(34-2)24(13-16)35-36(31,32)18-10-11-19(26)20(27)14-18/h3-7,10-14,17H,8-9,15H2,1-2H3,(H,28,30). The number of ether oxygens (including phenoxy) is 2. The number of amides is 2. The van der Waals surface area contributed by atoms with E-state index in [0.29, 0.717) is 17.0 Å². The molecular weight excluding hydrogens is 527 g/mol. The number of rotatable bonds is 9. The van der Waals surface area contributed by atoms with E-state index in [4.69, 9.17) is 36.9 Å². The van der Waals surface area contributed by atoms with Gasteiger partial charge in [-0.1, -0.05) is 41.4 Å². The molecule has 1 fully saturated rings. The number of carbonyl (C=O) groups excluding carboxylic acids is 1. The smallest absolute Gasteiger partial charge is 0.339 e. The van der Waals surface area contributed by atoms with Crippen LogP contribution in [0.5, 0.6) is 17.2 Å². The normalized spacial score (nSPS) is 13.1. The van der Waals surface area contributed by atoms with E-state index in [1.54, 1.807) is 41.3 Å². The second kappa shape index (κ2) is 10.9. The lowest BCUT2D eigenvalue weighted by molar-refractivity contribution is 0.206. The first-order chi connectivity index (χ1) is 17.2. The van der Waals surface area contributed by atoms with Gasteiger partial charge >= 0.3 is 16.1 Å². The van der Waals surface area contributed by atoms with E-state index < -0.39 is 10.1 Å². The number of halogens is 2. The summed E-state index contributed by atoms with van der Waals surface area (Å²) in [7, 11) is -1.29. The quantitative estimate of drug-likeness (QED) is 0.329. The molecule has 0 unspecified atom stereocenters. The van der Waals surface area contributed by atoms with Crippen molar-refractivity contribution < 1.29 is 26.9 Å². The van der Waals surface area contributed by atoms with Crippen LogP contribution < -0.4 is 19.0 Å². The molecule has 3 aromatic rings. The average Bonchev–Trinajstić information content (AvgIpc) is 3.69. The van der Waals surface area contributed by atoms with Crippen molar-refractivity contribution in [3.63, 3.8) is 0 Å². The topological polar surface area (TPSA) is 94.2 Å². The van der Waals surface area contributed by atoms with E-state index in [0.717, 1.165) is 12.8 Å². The Kier molecular flexibility index (Phi) is 7.82. The first kappa shape index (κ1) is 25.9. The molecule has 0 atom stereocenters. The molecule has 1 aliphatic carbocycles. The summed E-state index contributed by atoms with van der Waals surface area (Å²) >= 11 is 11.9. The lowest BCUT2D eigenvalue weighted by atomic mass is 10.2. The Morgan fingerprint density at radius 3 is 2.33 bits per heavy atom. The monoisotopic (exact) mass is 550 g/mol. The van der Waals surface area contributed by atoms with Gasteiger partial charge in [-0.15, -0.1) is 0 Å². The van der Waals surface area contributed by atoms with Crippen LogP contribution in [0.25, 0.3) is 0 Å². The van der Waals surface area contributed by atoms with Gasteiger partial charge in [0, 0.05) is 12.6 Å². The molecule has 1 aliphatic rings. The highest BCUT2D eigenvalue weighted by atomic mass is 35.5. The molecule has 1 saturated carbocycles. The number of nitrogens with one attached hydrogen (secondary N) is 1. The Bertz CT molecular complexity index is 1380. The summed E-state index contributed by atoms with van der Waals surface area (Å²) < 4.78 is 41.8. The van der Waals surface area contributed by atoms with Crippen molar-refractivity contribution in [2.75, 3.05) is 19.5 Å². The number of methoxy groups -OCH3 is 2. The molecule has 0 aromatic heterocycles. The summed E-state index contributed by atoms with van der Waals surface area (Å²) in [5.41, 5.74) is 1.22. The van der Waals surface area contributed by atoms with Crippen LogP contribution in [-0.4, -0.2) is 39.6 Å². The number of para-hydroxylation sites is 2. The van der Waals surface area contributed by atoms with Gasteiger partial charge in [0.15, 0.2) is 11.5 Å². The number of benzene rings is 3. The molecule has 0 spiro atoms. The molecule has 1 N–H and O–H groups in total. The van der Waals surface area contributed by atoms with Gasteiger partial charge in [-0.05, 0) is 60.9 Å². The second-order valence-corrected chi connectivity index (χ2v) is 10.4. The van der Waals surface area contributed by atoms with Gasteiger partial charge in [-0.2, -0.15) is 8.42 Å². The molecule has 11 heteroatoms. The average molecular weight is 551 g/mol. The molecule has 0 saturated heterocycles. The van der Waals surface area contributed by atoms with Crippen LogP contribution >= 0.6 is 23.2 Å². The third kappa shape index (κ3) is 5.98. The zero-order chi connectivity index (χ0) is 25.9. The van der Waals surface area contributed by atoms with Crippen LogP contribution in [0.2, 0.25) is 10.0 Å². The number of hydrogen-bond donors (Lipinski definition) is 1. The molecule has 190 valence electrons. The Morgan fingerprint density at radius 1 is 0.944 bits per heavy atom. The molecule has 0 aliphatic heterocycles. The van der Waals surface area contributed by atoms with Crippen molar-refractivity contribution in [1.82, 2.24) is 4.90 Å². The van der Waals surface area contributed by atoms with E-state index in [9.17, 15) is 13.2 Å². The number of hydrogen-bond acceptors (Lipinski definition) is 6. The van der Waals surface area contributed by atoms with Crippen molar-refractivity contribution in [3.05, 3.63) is 76.3 Å². The first-order valence-corrected chi connectivity index (χ1v) is 13.2. The fourth-order valence-electron chi connectivity index (χ4n) is 3.57. The Morgan fingerprint density at radius 2 is 1.67 bits per heavy atom. The molecule has 3 aromatic carbocycles. The molecule has 0 heterocycles. The zero-order valence-corrected chi connectivity index (χ0v) is 21.9. The van der Waals surface area contributed by atoms with Gasteiger partial charge in [-0.3, -0.25) is 0 Å². The number of urea groups is 1. The molecule has 36 heavy (non-hydrogen) atoms. The van der Waals surface area contributed by atoms with Gasteiger partial charge in [0.25, 0.3) is 0 Å². The van der Waals surface area contributed by atoms with Gasteiger partial charge in [0.05, 0.1) is 30.0 Å². The minimum absolute atomic E-state index is 0.0121. The predicted molar refractivity (Wildman–Crippen MR) is 138 cm³/mol. The SMILES string of the molecule is COc1ccccc1NC(=O)N(Cc1ccc(OC)c(OS(=O)(=O)c2ccc(Cl)c(Cl)c2)c1)C1CC1. The molecule has 8 nitrogen and oxygen atoms in total. The summed E-state index contributed by atoms with van der Waals surface area (Å²) in [5, 5.41) is 3.21. The molecule has 2 amide bonds. The van der Waals surface area contributed by atoms with E-state index in [-0.39, 0.29) is 45.1 Å². The molecular formula is C25H24Cl2N2O6S. The maximum Gasteiger partial charge on any atom is 0.339 e. The third-order valence-electron chi connectivity index (χ3n) is 5.56. The molecule has 4 rings (SSSR count). The predicted octanol–water partition coefficient (Wildman–Crippen LogP) is 5.97. The number of anilines is 1. The van der Waals surface area contributed by atoms with E-state index in [1.165, 1.54) is 32.4 Å². The van der Waals surface area contributed by atoms with Crippen LogP contribution in [-0.2, 0) is 16.7 Å². The number of carbonyl (C=O) groups is 1. The minimum atomic E-state index is -4.23. The van der Waals surface area contributed by atoms with Crippen LogP contribution in [0.15, 0.2) is 65.6 Å². The van der Waals surface area contributed by atoms with Gasteiger partial charge in [-0.25, -0.2) is 4.79 Å². The number of nitrogens with zero attached hydrogens (tertiary/aromatic N) is 1. The molecule has 0 radical (unpaired) electrons. The highest BCUT2D eigenvalue weighted by Gasteiger charge is 2.33. The van der Waals surface area contributed by atoms with Crippen LogP contribution in [0.4, 0.5) is 10.5 Å². The third-order valence-corrected chi connectivity index (χ3v) is 7.53. The summed E-state index contributed by atoms with van der Waals surface area (Å²) in [6.45, 7) is 0.235. The summed E-state index contributed by atoms with van der Waals surface area (Å²) in [6, 6.07) is 15.7. The van der Waals surface area contributed by atoms with E-state index >= 15 is 0 Å². The zero-order valence-electron chi connectivity index (χ0n) is 19.5. The summed E-state index contributed by atoms with van der Waals surface area (Å²) in [5.74, 6) is 0.759. The van der Waals surface area contributed by atoms with Gasteiger partial charge in [0.1, 0.15) is 10.6 Å². The van der Waals surface area contributed by atoms with Crippen LogP contribution in [0, 0.1) is 0 Å². The largest absolute Gasteiger partial charge is 0.495 e. The summed E-state index contributed by atoms with van der Waals surface area (Å²) in [4.78, 5) is 14.7. The van der Waals surface area contributed by atoms with E-state index in [1.807, 2.05) is 6.07 Å². The fourth-order valence-corrected chi connectivity index (χ4v) is 4.89. The van der Waals surface area contributed by atoms with Crippen molar-refractivity contribution in [3.8, 4) is 17.2 Å². The molecule has 0 bridgehead atoms. The van der Waals surface area contributed by atoms with Gasteiger partial charge in [0.2, 0.25) is 0 Å². The van der Waals surface area contributed by atoms with Crippen molar-refractivity contribution in [2.24, 2.45) is 0 Å². The Labute approximate surface area is 219 Å². The first-order valence-electron chi connectivity index (χ1n) is 11.0. The van der Waals surface area contributed by atoms with Crippen molar-refractivity contribution in [1.29, 1.82) is 0 Å². The van der Waals surface area contributed by atoms with Crippen molar-refractivity contribution in [2.45, 2.75) is 30.3 Å². The lowest BCUT2D eigenvalue weighted by Gasteiger charge is -2.24. The lowest BCUT2D eigenvalue weighted by Crippen LogP contribution is -2.36. The van der Waals surface area contributed by atoms with Crippen LogP contribution in [0.3, 0.4) is 0 Å². The fraction of sp³-hybridized carbons (Fsp3) is 0.240. The Balaban J connectivity index is 1.57. The van der Waals surface area contributed by atoms with Gasteiger partial charge < -0.3 is 23.9 Å². The highest BCUT2D eigenvalue weighted by molar-refractivity contribution is 7.87. The van der Waals surface area contributed by atoms with Crippen molar-refractivity contribution >= 4 is 45.0 Å². The second-order valence-electron chi connectivity index (χ2n) is 8.09. The Hall–Kier alpha value is -3.14. The maximum atomic E-state index is 13.1.